The molecule has 1 aromatic heterocycles. The first-order chi connectivity index (χ1) is 6.24. The monoisotopic (exact) mass is 198 g/mol. The molecule has 13 heavy (non-hydrogen) atoms. The first-order valence-electron chi connectivity index (χ1n) is 4.75. The average molecular weight is 198 g/mol. The molecular weight excluding hydrogens is 180 g/mol. The van der Waals surface area contributed by atoms with Gasteiger partial charge >= 0.3 is 0 Å². The number of rotatable bonds is 5. The van der Waals surface area contributed by atoms with Gasteiger partial charge in [0.15, 0.2) is 0 Å². The summed E-state index contributed by atoms with van der Waals surface area (Å²) in [5, 5.41) is 5.38. The summed E-state index contributed by atoms with van der Waals surface area (Å²) in [4.78, 5) is 4.31. The van der Waals surface area contributed by atoms with Gasteiger partial charge in [-0.05, 0) is 31.8 Å². The van der Waals surface area contributed by atoms with Crippen molar-refractivity contribution < 1.29 is 0 Å². The number of nitrogens with one attached hydrogen (secondary N) is 1. The van der Waals surface area contributed by atoms with Gasteiger partial charge in [0.2, 0.25) is 0 Å². The summed E-state index contributed by atoms with van der Waals surface area (Å²) in [6, 6.07) is 0. The van der Waals surface area contributed by atoms with Crippen molar-refractivity contribution in [3.63, 3.8) is 0 Å². The smallest absolute Gasteiger partial charge is 0.0794 e. The zero-order valence-electron chi connectivity index (χ0n) is 8.58. The molecule has 1 heterocycles. The highest BCUT2D eigenvalue weighted by molar-refractivity contribution is 7.07. The molecule has 0 aliphatic rings. The Morgan fingerprint density at radius 3 is 2.77 bits per heavy atom. The van der Waals surface area contributed by atoms with Crippen LogP contribution in [0.1, 0.15) is 19.5 Å². The lowest BCUT2D eigenvalue weighted by Gasteiger charge is -2.19. The van der Waals surface area contributed by atoms with Gasteiger partial charge in [0.05, 0.1) is 11.2 Å². The van der Waals surface area contributed by atoms with E-state index in [4.69, 9.17) is 0 Å². The van der Waals surface area contributed by atoms with Gasteiger partial charge in [-0.15, -0.1) is 11.3 Å². The highest BCUT2D eigenvalue weighted by Gasteiger charge is 2.13. The molecular formula is C10H18N2S. The summed E-state index contributed by atoms with van der Waals surface area (Å²) in [5.41, 5.74) is 3.14. The highest BCUT2D eigenvalue weighted by Crippen LogP contribution is 2.16. The Labute approximate surface area is 84.4 Å². The van der Waals surface area contributed by atoms with Crippen molar-refractivity contribution in [3.05, 3.63) is 16.6 Å². The van der Waals surface area contributed by atoms with Crippen LogP contribution in [-0.4, -0.2) is 18.6 Å². The Balaban J connectivity index is 2.47. The van der Waals surface area contributed by atoms with Gasteiger partial charge in [0.1, 0.15) is 0 Å². The lowest BCUT2D eigenvalue weighted by molar-refractivity contribution is 0.368. The summed E-state index contributed by atoms with van der Waals surface area (Å²) < 4.78 is 0. The van der Waals surface area contributed by atoms with Gasteiger partial charge < -0.3 is 5.32 Å². The number of aromatic nitrogens is 1. The molecule has 0 aromatic carbocycles. The maximum absolute atomic E-state index is 4.31. The van der Waals surface area contributed by atoms with E-state index in [0.717, 1.165) is 13.0 Å². The predicted molar refractivity (Wildman–Crippen MR) is 58.1 cm³/mol. The summed E-state index contributed by atoms with van der Waals surface area (Å²) in [6.07, 6.45) is 1.10. The molecule has 1 N–H and O–H groups in total. The normalized spacial score (nSPS) is 13.5. The van der Waals surface area contributed by atoms with Crippen LogP contribution in [0.25, 0.3) is 0 Å². The molecule has 0 bridgehead atoms. The molecule has 0 radical (unpaired) electrons. The maximum atomic E-state index is 4.31. The van der Waals surface area contributed by atoms with E-state index in [0.29, 0.717) is 11.8 Å². The molecule has 0 amide bonds. The number of nitrogens with zero attached hydrogens (tertiary/aromatic N) is 1. The second kappa shape index (κ2) is 5.35. The van der Waals surface area contributed by atoms with Crippen molar-refractivity contribution in [2.45, 2.75) is 20.3 Å². The highest BCUT2D eigenvalue weighted by atomic mass is 32.1. The van der Waals surface area contributed by atoms with Crippen LogP contribution in [0.4, 0.5) is 0 Å². The molecule has 1 atom stereocenters. The van der Waals surface area contributed by atoms with Crippen LogP contribution in [0.3, 0.4) is 0 Å². The molecule has 2 nitrogen and oxygen atoms in total. The third kappa shape index (κ3) is 3.44. The van der Waals surface area contributed by atoms with Gasteiger partial charge in [0, 0.05) is 5.38 Å². The maximum Gasteiger partial charge on any atom is 0.0794 e. The minimum absolute atomic E-state index is 0.701. The molecule has 3 heteroatoms. The fourth-order valence-electron chi connectivity index (χ4n) is 1.41. The van der Waals surface area contributed by atoms with Crippen LogP contribution in [-0.2, 0) is 6.42 Å². The van der Waals surface area contributed by atoms with Gasteiger partial charge in [-0.25, -0.2) is 4.98 Å². The van der Waals surface area contributed by atoms with Crippen molar-refractivity contribution in [2.24, 2.45) is 11.8 Å². The lowest BCUT2D eigenvalue weighted by Crippen LogP contribution is -2.25. The van der Waals surface area contributed by atoms with Crippen LogP contribution in [0.15, 0.2) is 10.9 Å². The van der Waals surface area contributed by atoms with E-state index in [1.54, 1.807) is 11.3 Å². The quantitative estimate of drug-likeness (QED) is 0.784. The summed E-state index contributed by atoms with van der Waals surface area (Å²) in [7, 11) is 2.01. The Kier molecular flexibility index (Phi) is 4.39. The second-order valence-corrected chi connectivity index (χ2v) is 4.46. The molecule has 1 rings (SSSR count). The van der Waals surface area contributed by atoms with E-state index >= 15 is 0 Å². The third-order valence-corrected chi connectivity index (χ3v) is 3.00. The molecule has 0 fully saturated rings. The largest absolute Gasteiger partial charge is 0.319 e. The molecule has 1 aromatic rings. The van der Waals surface area contributed by atoms with E-state index in [1.807, 2.05) is 12.6 Å². The van der Waals surface area contributed by atoms with Gasteiger partial charge in [-0.3, -0.25) is 0 Å². The molecule has 74 valence electrons. The van der Waals surface area contributed by atoms with E-state index in [1.165, 1.54) is 5.69 Å². The molecule has 0 saturated heterocycles. The van der Waals surface area contributed by atoms with Gasteiger partial charge in [-0.1, -0.05) is 13.8 Å². The predicted octanol–water partition coefficient (Wildman–Crippen LogP) is 2.18. The molecule has 0 saturated carbocycles. The summed E-state index contributed by atoms with van der Waals surface area (Å²) >= 11 is 1.68. The Morgan fingerprint density at radius 2 is 2.31 bits per heavy atom. The van der Waals surface area contributed by atoms with Crippen LogP contribution in [0, 0.1) is 11.8 Å². The first kappa shape index (κ1) is 10.7. The SMILES string of the molecule is CNCC(Cc1cscn1)C(C)C. The molecule has 1 unspecified atom stereocenters. The van der Waals surface area contributed by atoms with Crippen LogP contribution < -0.4 is 5.32 Å². The topological polar surface area (TPSA) is 24.9 Å². The van der Waals surface area contributed by atoms with Crippen LogP contribution in [0.5, 0.6) is 0 Å². The Hall–Kier alpha value is -0.410. The van der Waals surface area contributed by atoms with Gasteiger partial charge in [-0.2, -0.15) is 0 Å². The van der Waals surface area contributed by atoms with Crippen molar-refractivity contribution in [1.82, 2.24) is 10.3 Å². The number of thiazole rings is 1. The average Bonchev–Trinajstić information content (AvgIpc) is 2.56. The van der Waals surface area contributed by atoms with E-state index in [2.05, 4.69) is 29.5 Å². The fourth-order valence-corrected chi connectivity index (χ4v) is 1.98. The summed E-state index contributed by atoms with van der Waals surface area (Å²) in [6.45, 7) is 5.62. The van der Waals surface area contributed by atoms with E-state index < -0.39 is 0 Å². The van der Waals surface area contributed by atoms with Crippen molar-refractivity contribution in [3.8, 4) is 0 Å². The molecule has 0 aliphatic carbocycles. The first-order valence-corrected chi connectivity index (χ1v) is 5.70. The molecule has 0 spiro atoms. The van der Waals surface area contributed by atoms with Crippen molar-refractivity contribution in [2.75, 3.05) is 13.6 Å². The minimum atomic E-state index is 0.701. The van der Waals surface area contributed by atoms with Crippen molar-refractivity contribution in [1.29, 1.82) is 0 Å². The Bertz CT molecular complexity index is 219. The fraction of sp³-hybridized carbons (Fsp3) is 0.700. The Morgan fingerprint density at radius 1 is 1.54 bits per heavy atom. The third-order valence-electron chi connectivity index (χ3n) is 2.36. The standard InChI is InChI=1S/C10H18N2S/c1-8(2)9(5-11-3)4-10-6-13-7-12-10/h6-9,11H,4-5H2,1-3H3. The minimum Gasteiger partial charge on any atom is -0.319 e. The zero-order valence-corrected chi connectivity index (χ0v) is 9.40. The van der Waals surface area contributed by atoms with Gasteiger partial charge in [0.25, 0.3) is 0 Å². The van der Waals surface area contributed by atoms with Crippen LogP contribution >= 0.6 is 11.3 Å². The van der Waals surface area contributed by atoms with Crippen molar-refractivity contribution >= 4 is 11.3 Å². The second-order valence-electron chi connectivity index (χ2n) is 3.75. The molecule has 0 aliphatic heterocycles. The van der Waals surface area contributed by atoms with E-state index in [9.17, 15) is 0 Å². The summed E-state index contributed by atoms with van der Waals surface area (Å²) in [5.74, 6) is 1.42. The van der Waals surface area contributed by atoms with Crippen LogP contribution in [0.2, 0.25) is 0 Å². The number of hydrogen-bond acceptors (Lipinski definition) is 3. The number of hydrogen-bond donors (Lipinski definition) is 1. The zero-order chi connectivity index (χ0) is 9.68. The van der Waals surface area contributed by atoms with E-state index in [-0.39, 0.29) is 0 Å². The lowest BCUT2D eigenvalue weighted by atomic mass is 9.91.